The van der Waals surface area contributed by atoms with E-state index in [1.165, 1.54) is 19.1 Å². The number of hydrogen-bond acceptors (Lipinski definition) is 3. The van der Waals surface area contributed by atoms with Crippen molar-refractivity contribution in [3.05, 3.63) is 35.1 Å². The molecule has 0 spiro atoms. The first-order valence-corrected chi connectivity index (χ1v) is 5.89. The fourth-order valence-electron chi connectivity index (χ4n) is 2.35. The Hall–Kier alpha value is -1.71. The second kappa shape index (κ2) is 4.52. The lowest BCUT2D eigenvalue weighted by Gasteiger charge is -2.22. The number of rotatable bonds is 3. The number of halogens is 1. The Morgan fingerprint density at radius 3 is 2.72 bits per heavy atom. The first kappa shape index (κ1) is 12.7. The molecule has 2 rings (SSSR count). The summed E-state index contributed by atoms with van der Waals surface area (Å²) in [5, 5.41) is 0. The van der Waals surface area contributed by atoms with Crippen LogP contribution in [0, 0.1) is 18.2 Å². The average molecular weight is 250 g/mol. The highest BCUT2D eigenvalue weighted by Crippen LogP contribution is 2.35. The summed E-state index contributed by atoms with van der Waals surface area (Å²) >= 11 is 0. The van der Waals surface area contributed by atoms with Crippen LogP contribution in [0.4, 0.5) is 4.39 Å². The van der Waals surface area contributed by atoms with Crippen LogP contribution in [-0.2, 0) is 20.7 Å². The standard InChI is InChI=1S/C14H15FO3/c1-9-7-12(15)4-3-11(9)8-14(10(2)16)5-6-18-13(14)17/h3-4,7H,5-6,8H2,1-2H3. The van der Waals surface area contributed by atoms with Gasteiger partial charge in [0.05, 0.1) is 6.61 Å². The minimum absolute atomic E-state index is 0.186. The van der Waals surface area contributed by atoms with Gasteiger partial charge < -0.3 is 4.74 Å². The van der Waals surface area contributed by atoms with Crippen LogP contribution in [0.15, 0.2) is 18.2 Å². The Balaban J connectivity index is 2.36. The van der Waals surface area contributed by atoms with Crippen molar-refractivity contribution in [2.75, 3.05) is 6.61 Å². The molecule has 1 aliphatic rings. The molecule has 1 unspecified atom stereocenters. The van der Waals surface area contributed by atoms with Gasteiger partial charge in [-0.05, 0) is 43.5 Å². The average Bonchev–Trinajstić information content (AvgIpc) is 2.65. The van der Waals surface area contributed by atoms with Gasteiger partial charge in [-0.1, -0.05) is 6.07 Å². The molecule has 0 bridgehead atoms. The molecule has 0 saturated carbocycles. The number of hydrogen-bond donors (Lipinski definition) is 0. The first-order valence-electron chi connectivity index (χ1n) is 5.89. The van der Waals surface area contributed by atoms with Gasteiger partial charge in [0.25, 0.3) is 0 Å². The van der Waals surface area contributed by atoms with Crippen LogP contribution >= 0.6 is 0 Å². The summed E-state index contributed by atoms with van der Waals surface area (Å²) < 4.78 is 18.0. The van der Waals surface area contributed by atoms with E-state index in [9.17, 15) is 14.0 Å². The van der Waals surface area contributed by atoms with E-state index < -0.39 is 11.4 Å². The number of esters is 1. The topological polar surface area (TPSA) is 43.4 Å². The van der Waals surface area contributed by atoms with Crippen LogP contribution in [0.2, 0.25) is 0 Å². The van der Waals surface area contributed by atoms with E-state index in [4.69, 9.17) is 4.74 Å². The number of carbonyl (C=O) groups excluding carboxylic acids is 2. The third-order valence-electron chi connectivity index (χ3n) is 3.62. The van der Waals surface area contributed by atoms with E-state index in [0.717, 1.165) is 11.1 Å². The van der Waals surface area contributed by atoms with E-state index in [2.05, 4.69) is 0 Å². The predicted octanol–water partition coefficient (Wildman–Crippen LogP) is 2.20. The second-order valence-corrected chi connectivity index (χ2v) is 4.77. The molecular weight excluding hydrogens is 235 g/mol. The van der Waals surface area contributed by atoms with Crippen molar-refractivity contribution in [1.82, 2.24) is 0 Å². The molecule has 0 radical (unpaired) electrons. The van der Waals surface area contributed by atoms with Crippen LogP contribution in [0.25, 0.3) is 0 Å². The molecule has 4 heteroatoms. The summed E-state index contributed by atoms with van der Waals surface area (Å²) in [4.78, 5) is 23.6. The van der Waals surface area contributed by atoms with E-state index in [1.54, 1.807) is 13.0 Å². The molecule has 0 aliphatic carbocycles. The minimum Gasteiger partial charge on any atom is -0.465 e. The maximum absolute atomic E-state index is 13.0. The Bertz CT molecular complexity index is 510. The van der Waals surface area contributed by atoms with E-state index in [0.29, 0.717) is 6.42 Å². The molecule has 18 heavy (non-hydrogen) atoms. The van der Waals surface area contributed by atoms with Crippen LogP contribution < -0.4 is 0 Å². The Labute approximate surface area is 105 Å². The normalized spacial score (nSPS) is 22.9. The van der Waals surface area contributed by atoms with Gasteiger partial charge >= 0.3 is 5.97 Å². The maximum Gasteiger partial charge on any atom is 0.320 e. The van der Waals surface area contributed by atoms with Gasteiger partial charge in [-0.25, -0.2) is 4.39 Å². The smallest absolute Gasteiger partial charge is 0.320 e. The predicted molar refractivity (Wildman–Crippen MR) is 63.5 cm³/mol. The zero-order valence-electron chi connectivity index (χ0n) is 10.5. The van der Waals surface area contributed by atoms with E-state index >= 15 is 0 Å². The lowest BCUT2D eigenvalue weighted by atomic mass is 9.76. The molecule has 1 fully saturated rings. The molecule has 0 N–H and O–H groups in total. The number of carbonyl (C=O) groups is 2. The monoisotopic (exact) mass is 250 g/mol. The lowest BCUT2D eigenvalue weighted by Crippen LogP contribution is -2.36. The molecule has 1 heterocycles. The van der Waals surface area contributed by atoms with E-state index in [1.807, 2.05) is 0 Å². The molecule has 1 aromatic carbocycles. The van der Waals surface area contributed by atoms with Gasteiger partial charge in [-0.15, -0.1) is 0 Å². The van der Waals surface area contributed by atoms with Crippen molar-refractivity contribution < 1.29 is 18.7 Å². The molecule has 96 valence electrons. The van der Waals surface area contributed by atoms with Crippen LogP contribution in [-0.4, -0.2) is 18.4 Å². The zero-order chi connectivity index (χ0) is 13.3. The molecule has 0 amide bonds. The molecular formula is C14H15FO3. The highest BCUT2D eigenvalue weighted by molar-refractivity contribution is 6.04. The number of cyclic esters (lactones) is 1. The fourth-order valence-corrected chi connectivity index (χ4v) is 2.35. The van der Waals surface area contributed by atoms with Crippen molar-refractivity contribution in [3.63, 3.8) is 0 Å². The quantitative estimate of drug-likeness (QED) is 0.610. The Kier molecular flexibility index (Phi) is 3.20. The summed E-state index contributed by atoms with van der Waals surface area (Å²) in [5.41, 5.74) is 0.476. The highest BCUT2D eigenvalue weighted by Gasteiger charge is 2.48. The van der Waals surface area contributed by atoms with Crippen molar-refractivity contribution in [2.45, 2.75) is 26.7 Å². The third-order valence-corrected chi connectivity index (χ3v) is 3.62. The molecule has 1 aliphatic heterocycles. The van der Waals surface area contributed by atoms with Crippen LogP contribution in [0.3, 0.4) is 0 Å². The molecule has 1 atom stereocenters. The Morgan fingerprint density at radius 1 is 1.50 bits per heavy atom. The van der Waals surface area contributed by atoms with Gasteiger partial charge in [0.2, 0.25) is 0 Å². The fraction of sp³-hybridized carbons (Fsp3) is 0.429. The van der Waals surface area contributed by atoms with Gasteiger partial charge in [-0.2, -0.15) is 0 Å². The highest BCUT2D eigenvalue weighted by atomic mass is 19.1. The minimum atomic E-state index is -1.08. The summed E-state index contributed by atoms with van der Waals surface area (Å²) in [6, 6.07) is 4.38. The second-order valence-electron chi connectivity index (χ2n) is 4.77. The Morgan fingerprint density at radius 2 is 2.22 bits per heavy atom. The number of aryl methyl sites for hydroxylation is 1. The largest absolute Gasteiger partial charge is 0.465 e. The maximum atomic E-state index is 13.0. The van der Waals surface area contributed by atoms with Gasteiger partial charge in [0.15, 0.2) is 0 Å². The van der Waals surface area contributed by atoms with Gasteiger partial charge in [0.1, 0.15) is 17.0 Å². The number of Topliss-reactive ketones (excluding diaryl/α,β-unsaturated/α-hetero) is 1. The van der Waals surface area contributed by atoms with E-state index in [-0.39, 0.29) is 24.6 Å². The van der Waals surface area contributed by atoms with Crippen molar-refractivity contribution in [2.24, 2.45) is 5.41 Å². The summed E-state index contributed by atoms with van der Waals surface area (Å²) in [6.07, 6.45) is 0.686. The van der Waals surface area contributed by atoms with Crippen LogP contribution in [0.1, 0.15) is 24.5 Å². The zero-order valence-corrected chi connectivity index (χ0v) is 10.5. The molecule has 0 aromatic heterocycles. The van der Waals surface area contributed by atoms with Gasteiger partial charge in [0, 0.05) is 6.42 Å². The lowest BCUT2D eigenvalue weighted by molar-refractivity contribution is -0.150. The van der Waals surface area contributed by atoms with Crippen molar-refractivity contribution in [1.29, 1.82) is 0 Å². The van der Waals surface area contributed by atoms with Crippen molar-refractivity contribution in [3.8, 4) is 0 Å². The van der Waals surface area contributed by atoms with Gasteiger partial charge in [-0.3, -0.25) is 9.59 Å². The third kappa shape index (κ3) is 2.03. The number of ketones is 1. The summed E-state index contributed by atoms with van der Waals surface area (Å²) in [7, 11) is 0. The number of benzene rings is 1. The van der Waals surface area contributed by atoms with Crippen LogP contribution in [0.5, 0.6) is 0 Å². The summed E-state index contributed by atoms with van der Waals surface area (Å²) in [5.74, 6) is -0.963. The summed E-state index contributed by atoms with van der Waals surface area (Å²) in [6.45, 7) is 3.45. The molecule has 3 nitrogen and oxygen atoms in total. The molecule has 1 aromatic rings. The molecule has 1 saturated heterocycles. The first-order chi connectivity index (χ1) is 8.45. The number of ether oxygens (including phenoxy) is 1. The SMILES string of the molecule is CC(=O)C1(Cc2ccc(F)cc2C)CCOC1=O. The van der Waals surface area contributed by atoms with Crippen molar-refractivity contribution >= 4 is 11.8 Å².